The summed E-state index contributed by atoms with van der Waals surface area (Å²) in [6, 6.07) is 63.1. The number of benzene rings is 9. The molecule has 0 aliphatic heterocycles. The molecule has 10 aromatic rings. The highest BCUT2D eigenvalue weighted by atomic mass is 16.3. The number of furan rings is 1. The van der Waals surface area contributed by atoms with Crippen LogP contribution >= 0.6 is 0 Å². The molecule has 2 nitrogen and oxygen atoms in total. The third-order valence-corrected chi connectivity index (χ3v) is 9.79. The van der Waals surface area contributed by atoms with Crippen LogP contribution in [-0.4, -0.2) is 0 Å². The summed E-state index contributed by atoms with van der Waals surface area (Å²) in [5, 5.41) is 12.2. The zero-order valence-electron chi connectivity index (χ0n) is 26.1. The van der Waals surface area contributed by atoms with Gasteiger partial charge in [0.15, 0.2) is 0 Å². The molecule has 0 radical (unpaired) electrons. The summed E-state index contributed by atoms with van der Waals surface area (Å²) >= 11 is 0. The van der Waals surface area contributed by atoms with Crippen LogP contribution in [0.1, 0.15) is 0 Å². The summed E-state index contributed by atoms with van der Waals surface area (Å²) in [6.07, 6.45) is 0. The first kappa shape index (κ1) is 26.8. The van der Waals surface area contributed by atoms with Crippen LogP contribution in [0.25, 0.3) is 76.2 Å². The van der Waals surface area contributed by atoms with Crippen LogP contribution in [0.15, 0.2) is 180 Å². The van der Waals surface area contributed by atoms with Gasteiger partial charge in [-0.1, -0.05) is 121 Å². The summed E-state index contributed by atoms with van der Waals surface area (Å²) < 4.78 is 6.84. The fourth-order valence-electron chi connectivity index (χ4n) is 7.65. The van der Waals surface area contributed by atoms with E-state index in [4.69, 9.17) is 4.42 Å². The van der Waals surface area contributed by atoms with Gasteiger partial charge in [-0.05, 0) is 103 Å². The molecule has 48 heavy (non-hydrogen) atoms. The highest BCUT2D eigenvalue weighted by Gasteiger charge is 2.20. The second-order valence-corrected chi connectivity index (χ2v) is 12.5. The van der Waals surface area contributed by atoms with Crippen LogP contribution in [0, 0.1) is 0 Å². The molecule has 2 heteroatoms. The fraction of sp³-hybridized carbons (Fsp3) is 0. The van der Waals surface area contributed by atoms with E-state index in [1.807, 2.05) is 0 Å². The first-order valence-electron chi connectivity index (χ1n) is 16.4. The van der Waals surface area contributed by atoms with E-state index in [9.17, 15) is 0 Å². The van der Waals surface area contributed by atoms with Gasteiger partial charge in [0, 0.05) is 33.4 Å². The van der Waals surface area contributed by atoms with E-state index in [-0.39, 0.29) is 0 Å². The topological polar surface area (TPSA) is 16.4 Å². The number of hydrogen-bond donors (Lipinski definition) is 0. The monoisotopic (exact) mass is 611 g/mol. The average molecular weight is 612 g/mol. The number of rotatable bonds is 4. The van der Waals surface area contributed by atoms with Gasteiger partial charge in [-0.15, -0.1) is 0 Å². The first-order valence-corrected chi connectivity index (χ1v) is 16.4. The predicted octanol–water partition coefficient (Wildman–Crippen LogP) is 13.3. The molecule has 0 saturated carbocycles. The fourth-order valence-corrected chi connectivity index (χ4v) is 7.65. The number of nitrogens with zero attached hydrogens (tertiary/aromatic N) is 1. The number of hydrogen-bond acceptors (Lipinski definition) is 2. The molecule has 0 unspecified atom stereocenters. The Labute approximate surface area is 277 Å². The third-order valence-electron chi connectivity index (χ3n) is 9.79. The van der Waals surface area contributed by atoms with E-state index in [1.54, 1.807) is 0 Å². The van der Waals surface area contributed by atoms with Crippen LogP contribution < -0.4 is 4.90 Å². The quantitative estimate of drug-likeness (QED) is 0.184. The van der Waals surface area contributed by atoms with Gasteiger partial charge in [-0.25, -0.2) is 0 Å². The maximum Gasteiger partial charge on any atom is 0.143 e. The predicted molar refractivity (Wildman–Crippen MR) is 204 cm³/mol. The third kappa shape index (κ3) is 4.06. The van der Waals surface area contributed by atoms with Crippen molar-refractivity contribution in [1.82, 2.24) is 0 Å². The van der Waals surface area contributed by atoms with Gasteiger partial charge in [0.2, 0.25) is 0 Å². The SMILES string of the molecule is c1ccc(N(c2ccccc2)c2ccc3oc4c(-c5ccc6c7ccccc7c7ccccc7c6c5)c5ccccc5cc4c3c2)cc1. The van der Waals surface area contributed by atoms with E-state index >= 15 is 0 Å². The van der Waals surface area contributed by atoms with Crippen molar-refractivity contribution in [2.45, 2.75) is 0 Å². The Morgan fingerprint density at radius 1 is 0.333 bits per heavy atom. The number of anilines is 3. The van der Waals surface area contributed by atoms with Crippen molar-refractivity contribution in [1.29, 1.82) is 0 Å². The zero-order valence-corrected chi connectivity index (χ0v) is 26.1. The summed E-state index contributed by atoms with van der Waals surface area (Å²) in [5.74, 6) is 0. The minimum atomic E-state index is 0.878. The molecule has 10 rings (SSSR count). The lowest BCUT2D eigenvalue weighted by Crippen LogP contribution is -2.09. The smallest absolute Gasteiger partial charge is 0.143 e. The molecule has 1 aromatic heterocycles. The summed E-state index contributed by atoms with van der Waals surface area (Å²) in [6.45, 7) is 0. The minimum Gasteiger partial charge on any atom is -0.455 e. The minimum absolute atomic E-state index is 0.878. The van der Waals surface area contributed by atoms with E-state index in [0.29, 0.717) is 0 Å². The summed E-state index contributed by atoms with van der Waals surface area (Å²) in [5.41, 5.74) is 7.37. The van der Waals surface area contributed by atoms with Crippen molar-refractivity contribution in [2.24, 2.45) is 0 Å². The molecule has 0 fully saturated rings. The molecule has 0 bridgehead atoms. The van der Waals surface area contributed by atoms with Crippen molar-refractivity contribution in [3.05, 3.63) is 176 Å². The van der Waals surface area contributed by atoms with Gasteiger partial charge < -0.3 is 9.32 Å². The van der Waals surface area contributed by atoms with Gasteiger partial charge in [-0.3, -0.25) is 0 Å². The summed E-state index contributed by atoms with van der Waals surface area (Å²) in [7, 11) is 0. The zero-order chi connectivity index (χ0) is 31.6. The maximum atomic E-state index is 6.84. The summed E-state index contributed by atoms with van der Waals surface area (Å²) in [4.78, 5) is 2.30. The molecule has 0 amide bonds. The van der Waals surface area contributed by atoms with Gasteiger partial charge in [0.05, 0.1) is 0 Å². The van der Waals surface area contributed by atoms with Gasteiger partial charge >= 0.3 is 0 Å². The van der Waals surface area contributed by atoms with Crippen molar-refractivity contribution in [3.8, 4) is 11.1 Å². The van der Waals surface area contributed by atoms with Crippen molar-refractivity contribution >= 4 is 82.1 Å². The molecule has 0 N–H and O–H groups in total. The lowest BCUT2D eigenvalue weighted by Gasteiger charge is -2.25. The van der Waals surface area contributed by atoms with E-state index in [0.717, 1.165) is 50.1 Å². The number of fused-ring (bicyclic) bond motifs is 10. The molecule has 0 saturated heterocycles. The molecular formula is C46H29NO. The maximum absolute atomic E-state index is 6.84. The number of para-hydroxylation sites is 2. The van der Waals surface area contributed by atoms with Crippen LogP contribution in [-0.2, 0) is 0 Å². The van der Waals surface area contributed by atoms with Crippen LogP contribution in [0.2, 0.25) is 0 Å². The van der Waals surface area contributed by atoms with Crippen LogP contribution in [0.4, 0.5) is 17.1 Å². The Morgan fingerprint density at radius 3 is 1.52 bits per heavy atom. The lowest BCUT2D eigenvalue weighted by molar-refractivity contribution is 0.670. The van der Waals surface area contributed by atoms with Gasteiger partial charge in [0.1, 0.15) is 11.2 Å². The van der Waals surface area contributed by atoms with Crippen molar-refractivity contribution in [3.63, 3.8) is 0 Å². The molecule has 224 valence electrons. The highest BCUT2D eigenvalue weighted by Crippen LogP contribution is 2.45. The second kappa shape index (κ2) is 10.6. The van der Waals surface area contributed by atoms with E-state index in [2.05, 4.69) is 181 Å². The molecular weight excluding hydrogens is 583 g/mol. The molecule has 0 aliphatic rings. The van der Waals surface area contributed by atoms with E-state index < -0.39 is 0 Å². The first-order chi connectivity index (χ1) is 23.8. The second-order valence-electron chi connectivity index (χ2n) is 12.5. The van der Waals surface area contributed by atoms with Crippen molar-refractivity contribution in [2.75, 3.05) is 4.90 Å². The van der Waals surface area contributed by atoms with Gasteiger partial charge in [-0.2, -0.15) is 0 Å². The average Bonchev–Trinajstić information content (AvgIpc) is 3.52. The largest absolute Gasteiger partial charge is 0.455 e. The molecule has 0 atom stereocenters. The highest BCUT2D eigenvalue weighted by molar-refractivity contribution is 6.26. The molecule has 1 heterocycles. The Bertz CT molecular complexity index is 2760. The van der Waals surface area contributed by atoms with Crippen LogP contribution in [0.5, 0.6) is 0 Å². The standard InChI is InChI=1S/C46H29NO/c1-3-14-32(15-4-1)47(33-16-5-2-6-17-33)34-24-26-44-42(29-34)43-27-30-13-7-8-18-35(30)45(46(43)48-44)31-23-25-40-38-21-10-9-19-36(38)37-20-11-12-22-39(37)41(40)28-31/h1-29H. The van der Waals surface area contributed by atoms with Gasteiger partial charge in [0.25, 0.3) is 0 Å². The van der Waals surface area contributed by atoms with Crippen molar-refractivity contribution < 1.29 is 4.42 Å². The molecule has 0 aliphatic carbocycles. The van der Waals surface area contributed by atoms with Crippen LogP contribution in [0.3, 0.4) is 0 Å². The van der Waals surface area contributed by atoms with E-state index in [1.165, 1.54) is 43.1 Å². The lowest BCUT2D eigenvalue weighted by atomic mass is 9.90. The molecule has 0 spiro atoms. The Balaban J connectivity index is 1.25. The normalized spacial score (nSPS) is 11.8. The Hall–Kier alpha value is -6.38. The molecule has 9 aromatic carbocycles. The Kier molecular flexibility index (Phi) is 5.91. The Morgan fingerprint density at radius 2 is 0.875 bits per heavy atom.